The largest absolute Gasteiger partial charge is 0.373 e. The third kappa shape index (κ3) is 16.4. The van der Waals surface area contributed by atoms with Crippen LogP contribution in [0.15, 0.2) is 47.9 Å². The maximum atomic E-state index is 2.57. The van der Waals surface area contributed by atoms with Crippen molar-refractivity contribution in [3.8, 4) is 0 Å². The van der Waals surface area contributed by atoms with E-state index in [1.54, 1.807) is 11.1 Å². The fourth-order valence-electron chi connectivity index (χ4n) is 6.59. The molecule has 0 saturated heterocycles. The summed E-state index contributed by atoms with van der Waals surface area (Å²) >= 11 is 0. The smallest absolute Gasteiger partial charge is 0.0357 e. The van der Waals surface area contributed by atoms with Crippen LogP contribution >= 0.6 is 0 Å². The van der Waals surface area contributed by atoms with Crippen LogP contribution in [0.25, 0.3) is 0 Å². The van der Waals surface area contributed by atoms with Crippen molar-refractivity contribution in [3.05, 3.63) is 47.9 Å². The molecule has 0 unspecified atom stereocenters. The molecule has 3 rings (SSSR count). The number of rotatable bonds is 0. The van der Waals surface area contributed by atoms with Gasteiger partial charge in [-0.25, -0.2) is 0 Å². The van der Waals surface area contributed by atoms with Crippen molar-refractivity contribution in [2.75, 3.05) is 26.2 Å². The summed E-state index contributed by atoms with van der Waals surface area (Å²) in [7, 11) is 0. The van der Waals surface area contributed by atoms with Gasteiger partial charge in [0, 0.05) is 38.6 Å². The van der Waals surface area contributed by atoms with Crippen LogP contribution in [0.5, 0.6) is 0 Å². The van der Waals surface area contributed by atoms with Gasteiger partial charge in [0.15, 0.2) is 0 Å². The van der Waals surface area contributed by atoms with Crippen molar-refractivity contribution in [1.29, 1.82) is 0 Å². The average molecular weight is 537 g/mol. The molecule has 3 aliphatic heterocycles. The minimum atomic E-state index is 1.12. The molecule has 0 radical (unpaired) electrons. The molecule has 222 valence electrons. The van der Waals surface area contributed by atoms with Gasteiger partial charge >= 0.3 is 0 Å². The van der Waals surface area contributed by atoms with Gasteiger partial charge in [0.1, 0.15) is 0 Å². The minimum Gasteiger partial charge on any atom is -0.373 e. The lowest BCUT2D eigenvalue weighted by atomic mass is 10.0. The molecule has 0 aliphatic carbocycles. The second kappa shape index (κ2) is 22.3. The molecular weight excluding hydrogens is 472 g/mol. The third-order valence-corrected chi connectivity index (χ3v) is 9.11. The maximum Gasteiger partial charge on any atom is 0.0357 e. The van der Waals surface area contributed by atoms with E-state index in [0.717, 1.165) is 13.1 Å². The second-order valence-electron chi connectivity index (χ2n) is 12.8. The highest BCUT2D eigenvalue weighted by Crippen LogP contribution is 2.20. The number of hydrogen-bond donors (Lipinski definition) is 0. The van der Waals surface area contributed by atoms with Gasteiger partial charge in [-0.15, -0.1) is 0 Å². The Bertz CT molecular complexity index is 715. The van der Waals surface area contributed by atoms with Crippen molar-refractivity contribution in [2.45, 2.75) is 161 Å². The van der Waals surface area contributed by atoms with Gasteiger partial charge in [0.25, 0.3) is 0 Å². The van der Waals surface area contributed by atoms with E-state index in [1.807, 2.05) is 0 Å². The molecule has 0 aromatic carbocycles. The molecule has 0 fully saturated rings. The standard InChI is InChI=1S/C37H64N2/c1-2-6-10-14-18-22-30-38-32-25-29-37(35-38)27-21-17-13-9-5-3-7-11-15-19-23-31-39-33-24-28-36(34-39)26-20-16-12-8-4-1/h24-25,28-29,34-35H,1-23,26-27,30-33H2. The minimum absolute atomic E-state index is 1.12. The topological polar surface area (TPSA) is 6.48 Å². The lowest BCUT2D eigenvalue weighted by Crippen LogP contribution is -2.21. The number of nitrogens with zero attached hydrogens (tertiary/aromatic N) is 2. The van der Waals surface area contributed by atoms with Crippen LogP contribution < -0.4 is 0 Å². The van der Waals surface area contributed by atoms with E-state index in [0.29, 0.717) is 0 Å². The molecule has 0 saturated carbocycles. The van der Waals surface area contributed by atoms with Crippen LogP contribution in [-0.2, 0) is 0 Å². The molecule has 0 spiro atoms. The molecule has 0 aromatic heterocycles. The molecule has 3 heterocycles. The Morgan fingerprint density at radius 2 is 0.615 bits per heavy atom. The highest BCUT2D eigenvalue weighted by molar-refractivity contribution is 5.22. The molecular formula is C37H64N2. The van der Waals surface area contributed by atoms with E-state index >= 15 is 0 Å². The summed E-state index contributed by atoms with van der Waals surface area (Å²) in [5.41, 5.74) is 3.13. The van der Waals surface area contributed by atoms with Gasteiger partial charge in [-0.2, -0.15) is 0 Å². The predicted molar refractivity (Wildman–Crippen MR) is 173 cm³/mol. The fraction of sp³-hybridized carbons (Fsp3) is 0.784. The summed E-state index contributed by atoms with van der Waals surface area (Å²) in [5, 5.41) is 0. The van der Waals surface area contributed by atoms with E-state index in [-0.39, 0.29) is 0 Å². The van der Waals surface area contributed by atoms with Crippen LogP contribution in [0.4, 0.5) is 0 Å². The normalized spacial score (nSPS) is 24.0. The summed E-state index contributed by atoms with van der Waals surface area (Å²) in [5.74, 6) is 0. The molecule has 2 nitrogen and oxygen atoms in total. The summed E-state index contributed by atoms with van der Waals surface area (Å²) < 4.78 is 0. The fourth-order valence-corrected chi connectivity index (χ4v) is 6.59. The summed E-state index contributed by atoms with van der Waals surface area (Å²) in [4.78, 5) is 5.13. The van der Waals surface area contributed by atoms with Crippen LogP contribution in [-0.4, -0.2) is 36.0 Å². The Labute approximate surface area is 244 Å². The number of fused-ring (bicyclic) bond motifs is 2. The van der Waals surface area contributed by atoms with Crippen molar-refractivity contribution in [3.63, 3.8) is 0 Å². The van der Waals surface area contributed by atoms with Gasteiger partial charge in [0.2, 0.25) is 0 Å². The lowest BCUT2D eigenvalue weighted by Gasteiger charge is -2.23. The van der Waals surface area contributed by atoms with E-state index in [4.69, 9.17) is 0 Å². The number of allylic oxidation sites excluding steroid dienone is 4. The van der Waals surface area contributed by atoms with Gasteiger partial charge in [0.05, 0.1) is 0 Å². The molecule has 4 bridgehead atoms. The third-order valence-electron chi connectivity index (χ3n) is 9.11. The molecule has 0 amide bonds. The summed E-state index contributed by atoms with van der Waals surface area (Å²) in [6.07, 6.45) is 49.8. The van der Waals surface area contributed by atoms with Crippen molar-refractivity contribution >= 4 is 0 Å². The van der Waals surface area contributed by atoms with Gasteiger partial charge in [-0.05, 0) is 49.7 Å². The lowest BCUT2D eigenvalue weighted by molar-refractivity contribution is 0.387. The molecule has 2 heteroatoms. The Hall–Kier alpha value is -1.44. The SMILES string of the molecule is C1=CC2=CN(C1)CCCCCCCCCCCCCCC1=CN(CC=C1)CCCCCCCCCCCCC2. The van der Waals surface area contributed by atoms with Gasteiger partial charge < -0.3 is 9.80 Å². The van der Waals surface area contributed by atoms with E-state index in [1.165, 1.54) is 174 Å². The average Bonchev–Trinajstić information content (AvgIpc) is 2.95. The van der Waals surface area contributed by atoms with Crippen LogP contribution in [0.2, 0.25) is 0 Å². The molecule has 0 aromatic rings. The first-order valence-electron chi connectivity index (χ1n) is 17.6. The van der Waals surface area contributed by atoms with Crippen molar-refractivity contribution in [2.24, 2.45) is 0 Å². The monoisotopic (exact) mass is 537 g/mol. The first-order chi connectivity index (χ1) is 19.4. The highest BCUT2D eigenvalue weighted by Gasteiger charge is 2.07. The maximum absolute atomic E-state index is 2.57. The van der Waals surface area contributed by atoms with Gasteiger partial charge in [-0.1, -0.05) is 146 Å². The molecule has 3 aliphatic rings. The molecule has 0 atom stereocenters. The number of hydrogen-bond acceptors (Lipinski definition) is 2. The zero-order valence-corrected chi connectivity index (χ0v) is 25.9. The summed E-state index contributed by atoms with van der Waals surface area (Å²) in [6, 6.07) is 0. The second-order valence-corrected chi connectivity index (χ2v) is 12.8. The zero-order valence-electron chi connectivity index (χ0n) is 25.9. The van der Waals surface area contributed by atoms with Gasteiger partial charge in [-0.3, -0.25) is 0 Å². The van der Waals surface area contributed by atoms with E-state index in [2.05, 4.69) is 46.5 Å². The van der Waals surface area contributed by atoms with Crippen molar-refractivity contribution < 1.29 is 0 Å². The predicted octanol–water partition coefficient (Wildman–Crippen LogP) is 11.3. The molecule has 39 heavy (non-hydrogen) atoms. The molecule has 0 N–H and O–H groups in total. The first-order valence-corrected chi connectivity index (χ1v) is 17.6. The van der Waals surface area contributed by atoms with Crippen molar-refractivity contribution in [1.82, 2.24) is 9.80 Å². The highest BCUT2D eigenvalue weighted by atomic mass is 15.1. The van der Waals surface area contributed by atoms with Crippen LogP contribution in [0, 0.1) is 0 Å². The Morgan fingerprint density at radius 3 is 0.949 bits per heavy atom. The summed E-state index contributed by atoms with van der Waals surface area (Å²) in [6.45, 7) is 4.74. The van der Waals surface area contributed by atoms with E-state index in [9.17, 15) is 0 Å². The van der Waals surface area contributed by atoms with Crippen LogP contribution in [0.3, 0.4) is 0 Å². The quantitative estimate of drug-likeness (QED) is 0.304. The Morgan fingerprint density at radius 1 is 0.333 bits per heavy atom. The Balaban J connectivity index is 1.30. The Kier molecular flexibility index (Phi) is 18.3. The van der Waals surface area contributed by atoms with Crippen LogP contribution in [0.1, 0.15) is 161 Å². The van der Waals surface area contributed by atoms with E-state index < -0.39 is 0 Å². The first kappa shape index (κ1) is 32.1. The zero-order chi connectivity index (χ0) is 27.1.